The normalized spacial score (nSPS) is 10.3. The number of hydrogen-bond acceptors (Lipinski definition) is 2. The van der Waals surface area contributed by atoms with Crippen LogP contribution in [0.15, 0.2) is 36.4 Å². The second-order valence-corrected chi connectivity index (χ2v) is 4.30. The minimum Gasteiger partial charge on any atom is -0.494 e. The summed E-state index contributed by atoms with van der Waals surface area (Å²) in [5.74, 6) is -0.517. The summed E-state index contributed by atoms with van der Waals surface area (Å²) < 4.78 is 31.7. The fraction of sp³-hybridized carbons (Fsp3) is 0.200. The fourth-order valence-electron chi connectivity index (χ4n) is 1.81. The van der Waals surface area contributed by atoms with E-state index in [1.54, 1.807) is 24.3 Å². The van der Waals surface area contributed by atoms with Crippen molar-refractivity contribution < 1.29 is 13.5 Å². The van der Waals surface area contributed by atoms with Crippen LogP contribution in [0, 0.1) is 18.6 Å². The summed E-state index contributed by atoms with van der Waals surface area (Å²) >= 11 is 0. The van der Waals surface area contributed by atoms with Crippen molar-refractivity contribution in [1.82, 2.24) is 0 Å². The Morgan fingerprint density at radius 2 is 1.79 bits per heavy atom. The predicted octanol–water partition coefficient (Wildman–Crippen LogP) is 3.89. The maximum atomic E-state index is 13.6. The minimum absolute atomic E-state index is 0.162. The number of nitrogens with one attached hydrogen (secondary N) is 1. The summed E-state index contributed by atoms with van der Waals surface area (Å²) in [6, 6.07) is 9.39. The van der Waals surface area contributed by atoms with Crippen molar-refractivity contribution in [2.45, 2.75) is 13.5 Å². The first-order valence-electron chi connectivity index (χ1n) is 5.92. The summed E-state index contributed by atoms with van der Waals surface area (Å²) in [5, 5.41) is 3.04. The molecule has 0 saturated carbocycles. The molecule has 2 nitrogen and oxygen atoms in total. The van der Waals surface area contributed by atoms with Crippen LogP contribution in [-0.2, 0) is 6.54 Å². The molecule has 0 radical (unpaired) electrons. The Morgan fingerprint density at radius 3 is 2.53 bits per heavy atom. The monoisotopic (exact) mass is 263 g/mol. The third kappa shape index (κ3) is 3.22. The Labute approximate surface area is 111 Å². The zero-order valence-corrected chi connectivity index (χ0v) is 10.8. The van der Waals surface area contributed by atoms with Crippen LogP contribution < -0.4 is 10.1 Å². The van der Waals surface area contributed by atoms with Gasteiger partial charge in [0.05, 0.1) is 7.11 Å². The van der Waals surface area contributed by atoms with E-state index in [0.29, 0.717) is 17.8 Å². The van der Waals surface area contributed by atoms with Crippen LogP contribution in [0.2, 0.25) is 0 Å². The van der Waals surface area contributed by atoms with E-state index < -0.39 is 5.82 Å². The van der Waals surface area contributed by atoms with Gasteiger partial charge in [0.25, 0.3) is 0 Å². The van der Waals surface area contributed by atoms with E-state index in [2.05, 4.69) is 5.32 Å². The van der Waals surface area contributed by atoms with E-state index in [1.807, 2.05) is 6.92 Å². The molecule has 0 aliphatic heterocycles. The molecule has 0 spiro atoms. The van der Waals surface area contributed by atoms with Gasteiger partial charge < -0.3 is 10.1 Å². The van der Waals surface area contributed by atoms with Crippen molar-refractivity contribution in [1.29, 1.82) is 0 Å². The molecular weight excluding hydrogens is 248 g/mol. The molecule has 1 N–H and O–H groups in total. The number of methoxy groups -OCH3 is 1. The van der Waals surface area contributed by atoms with Gasteiger partial charge in [0.2, 0.25) is 0 Å². The molecule has 0 unspecified atom stereocenters. The Balaban J connectivity index is 2.12. The molecule has 0 aliphatic rings. The van der Waals surface area contributed by atoms with Crippen molar-refractivity contribution in [2.24, 2.45) is 0 Å². The first kappa shape index (κ1) is 13.3. The van der Waals surface area contributed by atoms with Crippen LogP contribution in [0.5, 0.6) is 5.75 Å². The fourth-order valence-corrected chi connectivity index (χ4v) is 1.81. The Bertz CT molecular complexity index is 584. The van der Waals surface area contributed by atoms with Crippen molar-refractivity contribution >= 4 is 5.69 Å². The Morgan fingerprint density at radius 1 is 1.05 bits per heavy atom. The van der Waals surface area contributed by atoms with Gasteiger partial charge in [-0.3, -0.25) is 0 Å². The third-order valence-electron chi connectivity index (χ3n) is 2.84. The molecule has 0 aliphatic carbocycles. The van der Waals surface area contributed by atoms with Crippen molar-refractivity contribution in [3.05, 3.63) is 59.2 Å². The molecule has 100 valence electrons. The van der Waals surface area contributed by atoms with Gasteiger partial charge in [-0.1, -0.05) is 17.7 Å². The molecular formula is C15H15F2NO. The van der Waals surface area contributed by atoms with Gasteiger partial charge in [-0.05, 0) is 25.1 Å². The molecule has 4 heteroatoms. The SMILES string of the molecule is COc1cc(NCc2cc(C)ccc2F)ccc1F. The van der Waals surface area contributed by atoms with Gasteiger partial charge in [-0.2, -0.15) is 0 Å². The van der Waals surface area contributed by atoms with Crippen LogP contribution in [0.1, 0.15) is 11.1 Å². The summed E-state index contributed by atoms with van der Waals surface area (Å²) in [4.78, 5) is 0. The standard InChI is InChI=1S/C15H15F2NO/c1-10-3-5-13(16)11(7-10)9-18-12-4-6-14(17)15(8-12)19-2/h3-8,18H,9H2,1-2H3. The smallest absolute Gasteiger partial charge is 0.165 e. The van der Waals surface area contributed by atoms with Gasteiger partial charge in [0.1, 0.15) is 5.82 Å². The third-order valence-corrected chi connectivity index (χ3v) is 2.84. The predicted molar refractivity (Wildman–Crippen MR) is 71.4 cm³/mol. The van der Waals surface area contributed by atoms with Crippen LogP contribution in [-0.4, -0.2) is 7.11 Å². The molecule has 2 rings (SSSR count). The van der Waals surface area contributed by atoms with Crippen molar-refractivity contribution in [3.8, 4) is 5.75 Å². The lowest BCUT2D eigenvalue weighted by molar-refractivity contribution is 0.387. The van der Waals surface area contributed by atoms with E-state index >= 15 is 0 Å². The maximum absolute atomic E-state index is 13.6. The quantitative estimate of drug-likeness (QED) is 0.903. The van der Waals surface area contributed by atoms with Gasteiger partial charge in [-0.15, -0.1) is 0 Å². The van der Waals surface area contributed by atoms with Crippen LogP contribution >= 0.6 is 0 Å². The molecule has 19 heavy (non-hydrogen) atoms. The molecule has 0 aromatic heterocycles. The first-order chi connectivity index (χ1) is 9.10. The average molecular weight is 263 g/mol. The highest BCUT2D eigenvalue weighted by molar-refractivity contribution is 5.49. The molecule has 0 heterocycles. The zero-order chi connectivity index (χ0) is 13.8. The van der Waals surface area contributed by atoms with Crippen molar-refractivity contribution in [3.63, 3.8) is 0 Å². The van der Waals surface area contributed by atoms with E-state index in [9.17, 15) is 8.78 Å². The lowest BCUT2D eigenvalue weighted by Gasteiger charge is -2.10. The highest BCUT2D eigenvalue weighted by atomic mass is 19.1. The first-order valence-corrected chi connectivity index (χ1v) is 5.92. The molecule has 0 saturated heterocycles. The number of ether oxygens (including phenoxy) is 1. The molecule has 2 aromatic carbocycles. The number of halogens is 2. The van der Waals surface area contributed by atoms with Gasteiger partial charge >= 0.3 is 0 Å². The van der Waals surface area contributed by atoms with Gasteiger partial charge in [0.15, 0.2) is 11.6 Å². The molecule has 2 aromatic rings. The number of rotatable bonds is 4. The topological polar surface area (TPSA) is 21.3 Å². The van der Waals surface area contributed by atoms with Gasteiger partial charge in [0, 0.05) is 23.9 Å². The molecule has 0 bridgehead atoms. The van der Waals surface area contributed by atoms with Gasteiger partial charge in [-0.25, -0.2) is 8.78 Å². The lowest BCUT2D eigenvalue weighted by atomic mass is 10.1. The summed E-state index contributed by atoms with van der Waals surface area (Å²) in [6.07, 6.45) is 0. The molecule has 0 atom stereocenters. The van der Waals surface area contributed by atoms with Crippen LogP contribution in [0.3, 0.4) is 0 Å². The number of aryl methyl sites for hydroxylation is 1. The van der Waals surface area contributed by atoms with E-state index in [0.717, 1.165) is 5.56 Å². The summed E-state index contributed by atoms with van der Waals surface area (Å²) in [5.41, 5.74) is 2.25. The molecule has 0 fully saturated rings. The Kier molecular flexibility index (Phi) is 4.00. The second kappa shape index (κ2) is 5.69. The molecule has 0 amide bonds. The lowest BCUT2D eigenvalue weighted by Crippen LogP contribution is -2.02. The van der Waals surface area contributed by atoms with Crippen LogP contribution in [0.4, 0.5) is 14.5 Å². The highest BCUT2D eigenvalue weighted by Crippen LogP contribution is 2.22. The number of anilines is 1. The number of benzene rings is 2. The number of hydrogen-bond donors (Lipinski definition) is 1. The van der Waals surface area contributed by atoms with Crippen molar-refractivity contribution in [2.75, 3.05) is 12.4 Å². The average Bonchev–Trinajstić information content (AvgIpc) is 2.41. The second-order valence-electron chi connectivity index (χ2n) is 4.30. The summed E-state index contributed by atoms with van der Waals surface area (Å²) in [7, 11) is 1.41. The van der Waals surface area contributed by atoms with E-state index in [-0.39, 0.29) is 11.6 Å². The zero-order valence-electron chi connectivity index (χ0n) is 10.8. The minimum atomic E-state index is -0.421. The van der Waals surface area contributed by atoms with Crippen LogP contribution in [0.25, 0.3) is 0 Å². The largest absolute Gasteiger partial charge is 0.494 e. The van der Waals surface area contributed by atoms with E-state index in [1.165, 1.54) is 19.2 Å². The summed E-state index contributed by atoms with van der Waals surface area (Å²) in [6.45, 7) is 2.24. The maximum Gasteiger partial charge on any atom is 0.165 e. The van der Waals surface area contributed by atoms with E-state index in [4.69, 9.17) is 4.74 Å². The highest BCUT2D eigenvalue weighted by Gasteiger charge is 2.05. The Hall–Kier alpha value is -2.10.